The molecule has 0 fully saturated rings. The third-order valence-electron chi connectivity index (χ3n) is 3.12. The second-order valence-electron chi connectivity index (χ2n) is 4.88. The molecule has 2 aromatic rings. The maximum absolute atomic E-state index is 12.0. The quantitative estimate of drug-likeness (QED) is 0.776. The van der Waals surface area contributed by atoms with Gasteiger partial charge in [-0.3, -0.25) is 9.59 Å². The number of halogens is 2. The van der Waals surface area contributed by atoms with Crippen LogP contribution in [0.3, 0.4) is 0 Å². The second kappa shape index (κ2) is 8.04. The molecule has 0 radical (unpaired) electrons. The van der Waals surface area contributed by atoms with Crippen molar-refractivity contribution in [1.82, 2.24) is 0 Å². The van der Waals surface area contributed by atoms with E-state index in [0.29, 0.717) is 32.8 Å². The molecule has 0 unspecified atom stereocenters. The number of amides is 1. The van der Waals surface area contributed by atoms with Gasteiger partial charge in [0.15, 0.2) is 12.4 Å². The van der Waals surface area contributed by atoms with Crippen LogP contribution in [-0.4, -0.2) is 25.4 Å². The van der Waals surface area contributed by atoms with Crippen molar-refractivity contribution in [2.75, 3.05) is 19.0 Å². The smallest absolute Gasteiger partial charge is 0.262 e. The number of Topliss-reactive ketones (excluding diaryl/α,β-unsaturated/α-hetero) is 1. The molecule has 0 saturated carbocycles. The molecule has 2 aromatic carbocycles. The number of hydrogen-bond acceptors (Lipinski definition) is 4. The van der Waals surface area contributed by atoms with Gasteiger partial charge < -0.3 is 14.8 Å². The Morgan fingerprint density at radius 2 is 1.79 bits per heavy atom. The lowest BCUT2D eigenvalue weighted by molar-refractivity contribution is -0.118. The van der Waals surface area contributed by atoms with Gasteiger partial charge in [0, 0.05) is 10.7 Å². The van der Waals surface area contributed by atoms with Gasteiger partial charge in [0.1, 0.15) is 11.5 Å². The molecular weight excluding hydrogens is 353 g/mol. The number of ketones is 1. The highest BCUT2D eigenvalue weighted by Crippen LogP contribution is 2.27. The summed E-state index contributed by atoms with van der Waals surface area (Å²) in [6.45, 7) is 1.14. The van der Waals surface area contributed by atoms with Crippen molar-refractivity contribution in [3.05, 3.63) is 52.0 Å². The summed E-state index contributed by atoms with van der Waals surface area (Å²) in [6, 6.07) is 9.51. The largest absolute Gasteiger partial charge is 0.495 e. The molecular formula is C17H15Cl2NO4. The van der Waals surface area contributed by atoms with Crippen LogP contribution >= 0.6 is 23.2 Å². The lowest BCUT2D eigenvalue weighted by Gasteiger charge is -2.11. The van der Waals surface area contributed by atoms with Crippen molar-refractivity contribution in [3.63, 3.8) is 0 Å². The Bertz CT molecular complexity index is 777. The predicted molar refractivity (Wildman–Crippen MR) is 93.6 cm³/mol. The van der Waals surface area contributed by atoms with E-state index < -0.39 is 0 Å². The monoisotopic (exact) mass is 367 g/mol. The SMILES string of the molecule is COc1ccc(NC(=O)COc2ccc(Cl)cc2C(C)=O)cc1Cl. The summed E-state index contributed by atoms with van der Waals surface area (Å²) in [5, 5.41) is 3.45. The van der Waals surface area contributed by atoms with Gasteiger partial charge in [-0.25, -0.2) is 0 Å². The number of methoxy groups -OCH3 is 1. The van der Waals surface area contributed by atoms with Crippen LogP contribution in [0, 0.1) is 0 Å². The first-order chi connectivity index (χ1) is 11.4. The third-order valence-corrected chi connectivity index (χ3v) is 3.65. The van der Waals surface area contributed by atoms with E-state index in [-0.39, 0.29) is 18.3 Å². The normalized spacial score (nSPS) is 10.2. The Hall–Kier alpha value is -2.24. The van der Waals surface area contributed by atoms with E-state index in [0.717, 1.165) is 0 Å². The third kappa shape index (κ3) is 4.63. The summed E-state index contributed by atoms with van der Waals surface area (Å²) in [5.74, 6) is 0.225. The fraction of sp³-hybridized carbons (Fsp3) is 0.176. The van der Waals surface area contributed by atoms with Gasteiger partial charge in [-0.1, -0.05) is 23.2 Å². The first-order valence-corrected chi connectivity index (χ1v) is 7.73. The lowest BCUT2D eigenvalue weighted by Crippen LogP contribution is -2.20. The average Bonchev–Trinajstić information content (AvgIpc) is 2.53. The molecule has 0 spiro atoms. The minimum atomic E-state index is -0.388. The molecule has 2 rings (SSSR count). The van der Waals surface area contributed by atoms with Gasteiger partial charge in [0.2, 0.25) is 0 Å². The van der Waals surface area contributed by atoms with E-state index in [1.807, 2.05) is 0 Å². The van der Waals surface area contributed by atoms with Gasteiger partial charge in [0.25, 0.3) is 5.91 Å². The topological polar surface area (TPSA) is 64.6 Å². The van der Waals surface area contributed by atoms with Crippen LogP contribution in [0.1, 0.15) is 17.3 Å². The Kier molecular flexibility index (Phi) is 6.06. The summed E-state index contributed by atoms with van der Waals surface area (Å²) in [7, 11) is 1.51. The van der Waals surface area contributed by atoms with Crippen LogP contribution in [-0.2, 0) is 4.79 Å². The highest BCUT2D eigenvalue weighted by molar-refractivity contribution is 6.32. The zero-order valence-corrected chi connectivity index (χ0v) is 14.6. The Morgan fingerprint density at radius 3 is 2.42 bits per heavy atom. The Labute approximate surface area is 149 Å². The van der Waals surface area contributed by atoms with Crippen molar-refractivity contribution >= 4 is 40.6 Å². The molecule has 0 aliphatic heterocycles. The first kappa shape index (κ1) is 18.1. The van der Waals surface area contributed by atoms with Crippen LogP contribution in [0.4, 0.5) is 5.69 Å². The van der Waals surface area contributed by atoms with Crippen LogP contribution in [0.5, 0.6) is 11.5 Å². The van der Waals surface area contributed by atoms with Gasteiger partial charge in [-0.15, -0.1) is 0 Å². The number of carbonyl (C=O) groups excluding carboxylic acids is 2. The number of benzene rings is 2. The zero-order valence-electron chi connectivity index (χ0n) is 13.1. The fourth-order valence-corrected chi connectivity index (χ4v) is 2.42. The second-order valence-corrected chi connectivity index (χ2v) is 5.73. The van der Waals surface area contributed by atoms with Gasteiger partial charge in [-0.2, -0.15) is 0 Å². The number of hydrogen-bond donors (Lipinski definition) is 1. The van der Waals surface area contributed by atoms with Crippen molar-refractivity contribution < 1.29 is 19.1 Å². The van der Waals surface area contributed by atoms with Gasteiger partial charge in [-0.05, 0) is 43.3 Å². The maximum atomic E-state index is 12.0. The van der Waals surface area contributed by atoms with Crippen molar-refractivity contribution in [2.24, 2.45) is 0 Å². The molecule has 1 amide bonds. The van der Waals surface area contributed by atoms with Crippen molar-refractivity contribution in [3.8, 4) is 11.5 Å². The van der Waals surface area contributed by atoms with E-state index in [9.17, 15) is 9.59 Å². The molecule has 0 atom stereocenters. The molecule has 0 aliphatic rings. The predicted octanol–water partition coefficient (Wildman–Crippen LogP) is 4.22. The lowest BCUT2D eigenvalue weighted by atomic mass is 10.1. The summed E-state index contributed by atoms with van der Waals surface area (Å²) >= 11 is 11.9. The standard InChI is InChI=1S/C17H15Cl2NO4/c1-10(21)13-7-11(18)3-5-15(13)24-9-17(22)20-12-4-6-16(23-2)14(19)8-12/h3-8H,9H2,1-2H3,(H,20,22). The summed E-state index contributed by atoms with van der Waals surface area (Å²) in [5.41, 5.74) is 0.833. The van der Waals surface area contributed by atoms with Crippen LogP contribution < -0.4 is 14.8 Å². The molecule has 0 saturated heterocycles. The van der Waals surface area contributed by atoms with E-state index in [1.54, 1.807) is 30.3 Å². The average molecular weight is 368 g/mol. The molecule has 0 aromatic heterocycles. The minimum Gasteiger partial charge on any atom is -0.495 e. The number of nitrogens with one attached hydrogen (secondary N) is 1. The highest BCUT2D eigenvalue weighted by atomic mass is 35.5. The summed E-state index contributed by atoms with van der Waals surface area (Å²) < 4.78 is 10.5. The summed E-state index contributed by atoms with van der Waals surface area (Å²) in [4.78, 5) is 23.6. The molecule has 0 aliphatic carbocycles. The Balaban J connectivity index is 2.01. The highest BCUT2D eigenvalue weighted by Gasteiger charge is 2.12. The molecule has 24 heavy (non-hydrogen) atoms. The number of rotatable bonds is 6. The van der Waals surface area contributed by atoms with Crippen molar-refractivity contribution in [1.29, 1.82) is 0 Å². The fourth-order valence-electron chi connectivity index (χ4n) is 1.99. The molecule has 5 nitrogen and oxygen atoms in total. The van der Waals surface area contributed by atoms with Gasteiger partial charge in [0.05, 0.1) is 17.7 Å². The zero-order chi connectivity index (χ0) is 17.7. The van der Waals surface area contributed by atoms with Crippen LogP contribution in [0.2, 0.25) is 10.0 Å². The maximum Gasteiger partial charge on any atom is 0.262 e. The van der Waals surface area contributed by atoms with Crippen LogP contribution in [0.25, 0.3) is 0 Å². The first-order valence-electron chi connectivity index (χ1n) is 6.97. The van der Waals surface area contributed by atoms with Crippen molar-refractivity contribution in [2.45, 2.75) is 6.92 Å². The molecule has 0 bridgehead atoms. The number of carbonyl (C=O) groups is 2. The van der Waals surface area contributed by atoms with E-state index in [2.05, 4.69) is 5.32 Å². The Morgan fingerprint density at radius 1 is 1.08 bits per heavy atom. The molecule has 126 valence electrons. The molecule has 0 heterocycles. The molecule has 1 N–H and O–H groups in total. The van der Waals surface area contributed by atoms with E-state index in [1.165, 1.54) is 20.1 Å². The van der Waals surface area contributed by atoms with E-state index >= 15 is 0 Å². The van der Waals surface area contributed by atoms with E-state index in [4.69, 9.17) is 32.7 Å². The van der Waals surface area contributed by atoms with Crippen LogP contribution in [0.15, 0.2) is 36.4 Å². The molecule has 7 heteroatoms. The van der Waals surface area contributed by atoms with Gasteiger partial charge >= 0.3 is 0 Å². The summed E-state index contributed by atoms with van der Waals surface area (Å²) in [6.07, 6.45) is 0. The number of ether oxygens (including phenoxy) is 2. The number of anilines is 1. The minimum absolute atomic E-state index is 0.199.